The first-order chi connectivity index (χ1) is 7.52. The molecule has 0 atom stereocenters. The molecule has 0 amide bonds. The fraction of sp³-hybridized carbons (Fsp3) is 0.455. The Labute approximate surface area is 93.4 Å². The molecular weight excluding hydrogens is 216 g/mol. The first kappa shape index (κ1) is 12.5. The monoisotopic (exact) mass is 231 g/mol. The van der Waals surface area contributed by atoms with E-state index in [1.165, 1.54) is 13.2 Å². The predicted molar refractivity (Wildman–Crippen MR) is 58.4 cm³/mol. The van der Waals surface area contributed by atoms with Crippen LogP contribution in [0.15, 0.2) is 18.2 Å². The maximum absolute atomic E-state index is 12.1. The first-order valence-corrected chi connectivity index (χ1v) is 4.92. The minimum Gasteiger partial charge on any atom is -0.497 e. The SMILES string of the molecule is COc1ccc(OC(F)F)c(NC(C)C)c1. The molecule has 0 aromatic heterocycles. The van der Waals surface area contributed by atoms with Crippen LogP contribution in [0, 0.1) is 0 Å². The summed E-state index contributed by atoms with van der Waals surface area (Å²) in [5, 5.41) is 3.02. The Balaban J connectivity index is 2.96. The molecule has 1 N–H and O–H groups in total. The summed E-state index contributed by atoms with van der Waals surface area (Å²) >= 11 is 0. The van der Waals surface area contributed by atoms with Gasteiger partial charge in [0.1, 0.15) is 11.5 Å². The van der Waals surface area contributed by atoms with Crippen LogP contribution in [0.1, 0.15) is 13.8 Å². The van der Waals surface area contributed by atoms with E-state index in [9.17, 15) is 8.78 Å². The number of nitrogens with one attached hydrogen (secondary N) is 1. The highest BCUT2D eigenvalue weighted by Gasteiger charge is 2.11. The molecule has 0 unspecified atom stereocenters. The first-order valence-electron chi connectivity index (χ1n) is 4.92. The van der Waals surface area contributed by atoms with Crippen LogP contribution < -0.4 is 14.8 Å². The van der Waals surface area contributed by atoms with Gasteiger partial charge in [-0.1, -0.05) is 0 Å². The zero-order valence-corrected chi connectivity index (χ0v) is 9.46. The lowest BCUT2D eigenvalue weighted by atomic mass is 10.2. The largest absolute Gasteiger partial charge is 0.497 e. The zero-order valence-electron chi connectivity index (χ0n) is 9.46. The number of hydrogen-bond acceptors (Lipinski definition) is 3. The second-order valence-corrected chi connectivity index (χ2v) is 3.54. The van der Waals surface area contributed by atoms with Gasteiger partial charge >= 0.3 is 6.61 Å². The molecule has 90 valence electrons. The third-order valence-corrected chi connectivity index (χ3v) is 1.85. The molecule has 3 nitrogen and oxygen atoms in total. The van der Waals surface area contributed by atoms with Crippen LogP contribution in [-0.2, 0) is 0 Å². The third kappa shape index (κ3) is 3.56. The number of hydrogen-bond donors (Lipinski definition) is 1. The van der Waals surface area contributed by atoms with Gasteiger partial charge in [-0.15, -0.1) is 0 Å². The number of halogens is 2. The summed E-state index contributed by atoms with van der Waals surface area (Å²) in [6.45, 7) is 0.984. The average Bonchev–Trinajstić information content (AvgIpc) is 2.19. The molecule has 1 aromatic rings. The minimum atomic E-state index is -2.83. The fourth-order valence-corrected chi connectivity index (χ4v) is 1.26. The Kier molecular flexibility index (Phi) is 4.34. The van der Waals surface area contributed by atoms with E-state index in [4.69, 9.17) is 4.74 Å². The van der Waals surface area contributed by atoms with E-state index in [1.807, 2.05) is 13.8 Å². The van der Waals surface area contributed by atoms with E-state index in [2.05, 4.69) is 10.1 Å². The summed E-state index contributed by atoms with van der Waals surface area (Å²) in [6, 6.07) is 4.77. The quantitative estimate of drug-likeness (QED) is 0.844. The second-order valence-electron chi connectivity index (χ2n) is 3.54. The summed E-state index contributed by atoms with van der Waals surface area (Å²) in [7, 11) is 1.52. The van der Waals surface area contributed by atoms with Crippen molar-refractivity contribution in [2.45, 2.75) is 26.5 Å². The number of rotatable bonds is 5. The van der Waals surface area contributed by atoms with Crippen LogP contribution in [0.2, 0.25) is 0 Å². The summed E-state index contributed by atoms with van der Waals surface area (Å²) in [6.07, 6.45) is 0. The lowest BCUT2D eigenvalue weighted by Crippen LogP contribution is -2.12. The highest BCUT2D eigenvalue weighted by atomic mass is 19.3. The molecule has 0 saturated carbocycles. The van der Waals surface area contributed by atoms with E-state index >= 15 is 0 Å². The van der Waals surface area contributed by atoms with Gasteiger partial charge in [0.25, 0.3) is 0 Å². The summed E-state index contributed by atoms with van der Waals surface area (Å²) in [4.78, 5) is 0. The number of benzene rings is 1. The molecule has 0 radical (unpaired) electrons. The van der Waals surface area contributed by atoms with Crippen molar-refractivity contribution in [2.24, 2.45) is 0 Å². The zero-order chi connectivity index (χ0) is 12.1. The van der Waals surface area contributed by atoms with Crippen LogP contribution >= 0.6 is 0 Å². The van der Waals surface area contributed by atoms with Crippen molar-refractivity contribution in [1.82, 2.24) is 0 Å². The number of ether oxygens (including phenoxy) is 2. The molecular formula is C11H15F2NO2. The van der Waals surface area contributed by atoms with Crippen molar-refractivity contribution >= 4 is 5.69 Å². The minimum absolute atomic E-state index is 0.115. The van der Waals surface area contributed by atoms with Crippen LogP contribution in [0.25, 0.3) is 0 Å². The van der Waals surface area contributed by atoms with Crippen LogP contribution in [0.4, 0.5) is 14.5 Å². The van der Waals surface area contributed by atoms with Crippen LogP contribution in [0.5, 0.6) is 11.5 Å². The number of anilines is 1. The Bertz CT molecular complexity index is 343. The highest BCUT2D eigenvalue weighted by molar-refractivity contribution is 5.60. The molecule has 0 bridgehead atoms. The molecule has 1 aromatic carbocycles. The van der Waals surface area contributed by atoms with Gasteiger partial charge in [0.2, 0.25) is 0 Å². The Morgan fingerprint density at radius 1 is 1.25 bits per heavy atom. The molecule has 0 aliphatic rings. The van der Waals surface area contributed by atoms with Gasteiger partial charge in [-0.3, -0.25) is 0 Å². The standard InChI is InChI=1S/C11H15F2NO2/c1-7(2)14-9-6-8(15-3)4-5-10(9)16-11(12)13/h4-7,11,14H,1-3H3. The molecule has 0 aliphatic carbocycles. The van der Waals surface area contributed by atoms with Crippen molar-refractivity contribution in [1.29, 1.82) is 0 Å². The summed E-state index contributed by atoms with van der Waals surface area (Å²) in [5.41, 5.74) is 0.495. The van der Waals surface area contributed by atoms with Crippen molar-refractivity contribution in [3.63, 3.8) is 0 Å². The van der Waals surface area contributed by atoms with Crippen LogP contribution in [0.3, 0.4) is 0 Å². The fourth-order valence-electron chi connectivity index (χ4n) is 1.26. The van der Waals surface area contributed by atoms with E-state index in [0.29, 0.717) is 11.4 Å². The Morgan fingerprint density at radius 2 is 1.94 bits per heavy atom. The maximum Gasteiger partial charge on any atom is 0.387 e. The Morgan fingerprint density at radius 3 is 2.44 bits per heavy atom. The van der Waals surface area contributed by atoms with Crippen molar-refractivity contribution in [3.8, 4) is 11.5 Å². The van der Waals surface area contributed by atoms with E-state index in [0.717, 1.165) is 0 Å². The topological polar surface area (TPSA) is 30.5 Å². The predicted octanol–water partition coefficient (Wildman–Crippen LogP) is 3.12. The van der Waals surface area contributed by atoms with E-state index in [1.54, 1.807) is 12.1 Å². The number of methoxy groups -OCH3 is 1. The normalized spacial score (nSPS) is 10.7. The summed E-state index contributed by atoms with van der Waals surface area (Å²) in [5.74, 6) is 0.703. The molecule has 0 saturated heterocycles. The smallest absolute Gasteiger partial charge is 0.387 e. The molecule has 5 heteroatoms. The van der Waals surface area contributed by atoms with Crippen molar-refractivity contribution in [3.05, 3.63) is 18.2 Å². The van der Waals surface area contributed by atoms with Gasteiger partial charge in [0.15, 0.2) is 0 Å². The second kappa shape index (κ2) is 5.53. The molecule has 0 aliphatic heterocycles. The summed E-state index contributed by atoms with van der Waals surface area (Å²) < 4.78 is 33.7. The van der Waals surface area contributed by atoms with Gasteiger partial charge in [0.05, 0.1) is 12.8 Å². The van der Waals surface area contributed by atoms with E-state index in [-0.39, 0.29) is 11.8 Å². The lowest BCUT2D eigenvalue weighted by Gasteiger charge is -2.16. The van der Waals surface area contributed by atoms with Crippen LogP contribution in [-0.4, -0.2) is 19.8 Å². The van der Waals surface area contributed by atoms with Gasteiger partial charge < -0.3 is 14.8 Å². The van der Waals surface area contributed by atoms with Gasteiger partial charge in [-0.05, 0) is 26.0 Å². The molecule has 1 rings (SSSR count). The molecule has 0 spiro atoms. The average molecular weight is 231 g/mol. The number of alkyl halides is 2. The van der Waals surface area contributed by atoms with Gasteiger partial charge in [-0.25, -0.2) is 0 Å². The van der Waals surface area contributed by atoms with Gasteiger partial charge in [-0.2, -0.15) is 8.78 Å². The molecule has 0 fully saturated rings. The molecule has 0 heterocycles. The Hall–Kier alpha value is -1.52. The lowest BCUT2D eigenvalue weighted by molar-refractivity contribution is -0.0494. The highest BCUT2D eigenvalue weighted by Crippen LogP contribution is 2.30. The van der Waals surface area contributed by atoms with E-state index < -0.39 is 6.61 Å². The molecule has 16 heavy (non-hydrogen) atoms. The van der Waals surface area contributed by atoms with Crippen molar-refractivity contribution in [2.75, 3.05) is 12.4 Å². The van der Waals surface area contributed by atoms with Crippen molar-refractivity contribution < 1.29 is 18.3 Å². The third-order valence-electron chi connectivity index (χ3n) is 1.85. The maximum atomic E-state index is 12.1. The van der Waals surface area contributed by atoms with Gasteiger partial charge in [0, 0.05) is 12.1 Å².